The van der Waals surface area contributed by atoms with E-state index < -0.39 is 0 Å². The molecule has 0 aromatic rings. The van der Waals surface area contributed by atoms with Crippen LogP contribution in [0.15, 0.2) is 0 Å². The van der Waals surface area contributed by atoms with Gasteiger partial charge in [-0.1, -0.05) is 6.92 Å². The van der Waals surface area contributed by atoms with Crippen LogP contribution in [0.5, 0.6) is 0 Å². The molecule has 15 heavy (non-hydrogen) atoms. The van der Waals surface area contributed by atoms with Gasteiger partial charge < -0.3 is 15.4 Å². The zero-order valence-corrected chi connectivity index (χ0v) is 10.3. The topological polar surface area (TPSA) is 50.4 Å². The maximum absolute atomic E-state index is 11.3. The molecule has 1 atom stereocenters. The van der Waals surface area contributed by atoms with Crippen LogP contribution < -0.4 is 10.6 Å². The lowest BCUT2D eigenvalue weighted by atomic mass is 10.2. The molecular formula is C11H24N2O2. The van der Waals surface area contributed by atoms with E-state index in [2.05, 4.69) is 17.6 Å². The average molecular weight is 216 g/mol. The number of carbonyl (C=O) groups is 1. The molecule has 0 saturated carbocycles. The standard InChI is InChI=1S/C11H24N2O2/c1-5-10(4)13-11(14)8-12-6-7-15-9(2)3/h9-10,12H,5-8H2,1-4H3,(H,13,14). The van der Waals surface area contributed by atoms with E-state index in [0.29, 0.717) is 19.7 Å². The summed E-state index contributed by atoms with van der Waals surface area (Å²) in [6, 6.07) is 0.256. The zero-order chi connectivity index (χ0) is 11.7. The van der Waals surface area contributed by atoms with E-state index in [1.165, 1.54) is 0 Å². The molecule has 0 bridgehead atoms. The van der Waals surface area contributed by atoms with Crippen molar-refractivity contribution in [2.45, 2.75) is 46.3 Å². The monoisotopic (exact) mass is 216 g/mol. The smallest absolute Gasteiger partial charge is 0.234 e. The minimum Gasteiger partial charge on any atom is -0.377 e. The highest BCUT2D eigenvalue weighted by Crippen LogP contribution is 1.87. The van der Waals surface area contributed by atoms with E-state index in [-0.39, 0.29) is 18.1 Å². The molecule has 0 rings (SSSR count). The third-order valence-corrected chi connectivity index (χ3v) is 2.04. The number of hydrogen-bond acceptors (Lipinski definition) is 3. The van der Waals surface area contributed by atoms with Gasteiger partial charge in [-0.3, -0.25) is 4.79 Å². The molecule has 90 valence electrons. The van der Waals surface area contributed by atoms with Crippen LogP contribution in [0.3, 0.4) is 0 Å². The van der Waals surface area contributed by atoms with E-state index >= 15 is 0 Å². The Morgan fingerprint density at radius 3 is 2.53 bits per heavy atom. The summed E-state index contributed by atoms with van der Waals surface area (Å²) in [4.78, 5) is 11.3. The van der Waals surface area contributed by atoms with E-state index in [9.17, 15) is 4.79 Å². The fraction of sp³-hybridized carbons (Fsp3) is 0.909. The van der Waals surface area contributed by atoms with Gasteiger partial charge in [0.15, 0.2) is 0 Å². The first-order valence-electron chi connectivity index (χ1n) is 5.68. The Kier molecular flexibility index (Phi) is 8.33. The second-order valence-electron chi connectivity index (χ2n) is 3.97. The SMILES string of the molecule is CCC(C)NC(=O)CNCCOC(C)C. The summed E-state index contributed by atoms with van der Waals surface area (Å²) >= 11 is 0. The van der Waals surface area contributed by atoms with Crippen LogP contribution in [0.2, 0.25) is 0 Å². The molecule has 1 amide bonds. The lowest BCUT2D eigenvalue weighted by Gasteiger charge is -2.12. The number of carbonyl (C=O) groups excluding carboxylic acids is 1. The first kappa shape index (κ1) is 14.4. The Morgan fingerprint density at radius 1 is 1.33 bits per heavy atom. The van der Waals surface area contributed by atoms with Gasteiger partial charge in [-0.2, -0.15) is 0 Å². The maximum Gasteiger partial charge on any atom is 0.234 e. The molecule has 0 aliphatic heterocycles. The van der Waals surface area contributed by atoms with Gasteiger partial charge in [0.1, 0.15) is 0 Å². The molecule has 0 aromatic heterocycles. The normalized spacial score (nSPS) is 12.9. The molecule has 0 aromatic carbocycles. The maximum atomic E-state index is 11.3. The van der Waals surface area contributed by atoms with Gasteiger partial charge in [0, 0.05) is 12.6 Å². The highest BCUT2D eigenvalue weighted by Gasteiger charge is 2.03. The Balaban J connectivity index is 3.31. The van der Waals surface area contributed by atoms with Crippen LogP contribution in [-0.4, -0.2) is 37.7 Å². The third-order valence-electron chi connectivity index (χ3n) is 2.04. The second kappa shape index (κ2) is 8.68. The number of rotatable bonds is 8. The third kappa shape index (κ3) is 9.69. The summed E-state index contributed by atoms with van der Waals surface area (Å²) in [6.45, 7) is 9.77. The largest absolute Gasteiger partial charge is 0.377 e. The summed E-state index contributed by atoms with van der Waals surface area (Å²) < 4.78 is 5.33. The van der Waals surface area contributed by atoms with Crippen LogP contribution in [-0.2, 0) is 9.53 Å². The molecule has 2 N–H and O–H groups in total. The first-order valence-corrected chi connectivity index (χ1v) is 5.68. The minimum atomic E-state index is 0.0499. The molecule has 0 spiro atoms. The molecule has 0 radical (unpaired) electrons. The zero-order valence-electron chi connectivity index (χ0n) is 10.3. The van der Waals surface area contributed by atoms with Crippen molar-refractivity contribution < 1.29 is 9.53 Å². The van der Waals surface area contributed by atoms with Gasteiger partial charge in [-0.05, 0) is 27.2 Å². The van der Waals surface area contributed by atoms with Crippen LogP contribution in [0.25, 0.3) is 0 Å². The molecular weight excluding hydrogens is 192 g/mol. The minimum absolute atomic E-state index is 0.0499. The van der Waals surface area contributed by atoms with Crippen LogP contribution >= 0.6 is 0 Å². The molecule has 0 fully saturated rings. The number of nitrogens with one attached hydrogen (secondary N) is 2. The molecule has 4 nitrogen and oxygen atoms in total. The van der Waals surface area contributed by atoms with E-state index in [0.717, 1.165) is 6.42 Å². The van der Waals surface area contributed by atoms with Gasteiger partial charge in [0.2, 0.25) is 5.91 Å². The highest BCUT2D eigenvalue weighted by atomic mass is 16.5. The molecule has 4 heteroatoms. The molecule has 0 heterocycles. The van der Waals surface area contributed by atoms with Crippen molar-refractivity contribution in [3.63, 3.8) is 0 Å². The van der Waals surface area contributed by atoms with Gasteiger partial charge in [0.25, 0.3) is 0 Å². The molecule has 0 aliphatic rings. The van der Waals surface area contributed by atoms with E-state index in [4.69, 9.17) is 4.74 Å². The lowest BCUT2D eigenvalue weighted by molar-refractivity contribution is -0.120. The van der Waals surface area contributed by atoms with Crippen molar-refractivity contribution >= 4 is 5.91 Å². The van der Waals surface area contributed by atoms with Gasteiger partial charge >= 0.3 is 0 Å². The first-order chi connectivity index (χ1) is 7.06. The van der Waals surface area contributed by atoms with Gasteiger partial charge in [0.05, 0.1) is 19.3 Å². The van der Waals surface area contributed by atoms with Crippen molar-refractivity contribution in [1.29, 1.82) is 0 Å². The highest BCUT2D eigenvalue weighted by molar-refractivity contribution is 5.78. The van der Waals surface area contributed by atoms with Crippen molar-refractivity contribution in [3.05, 3.63) is 0 Å². The van der Waals surface area contributed by atoms with Crippen molar-refractivity contribution in [2.24, 2.45) is 0 Å². The van der Waals surface area contributed by atoms with E-state index in [1.807, 2.05) is 20.8 Å². The fourth-order valence-electron chi connectivity index (χ4n) is 0.997. The number of hydrogen-bond donors (Lipinski definition) is 2. The summed E-state index contributed by atoms with van der Waals surface area (Å²) in [7, 11) is 0. The molecule has 0 aliphatic carbocycles. The number of amides is 1. The summed E-state index contributed by atoms with van der Waals surface area (Å²) in [5.74, 6) is 0.0499. The van der Waals surface area contributed by atoms with Crippen molar-refractivity contribution in [2.75, 3.05) is 19.7 Å². The van der Waals surface area contributed by atoms with Crippen molar-refractivity contribution in [1.82, 2.24) is 10.6 Å². The fourth-order valence-corrected chi connectivity index (χ4v) is 0.997. The van der Waals surface area contributed by atoms with E-state index in [1.54, 1.807) is 0 Å². The van der Waals surface area contributed by atoms with Crippen molar-refractivity contribution in [3.8, 4) is 0 Å². The van der Waals surface area contributed by atoms with Gasteiger partial charge in [-0.25, -0.2) is 0 Å². The predicted octanol–water partition coefficient (Wildman–Crippen LogP) is 0.916. The number of ether oxygens (including phenoxy) is 1. The molecule has 0 saturated heterocycles. The Morgan fingerprint density at radius 2 is 2.00 bits per heavy atom. The Labute approximate surface area is 92.8 Å². The van der Waals surface area contributed by atoms with Crippen LogP contribution in [0.1, 0.15) is 34.1 Å². The van der Waals surface area contributed by atoms with Crippen LogP contribution in [0, 0.1) is 0 Å². The summed E-state index contributed by atoms with van der Waals surface area (Å²) in [5.41, 5.74) is 0. The quantitative estimate of drug-likeness (QED) is 0.593. The summed E-state index contributed by atoms with van der Waals surface area (Å²) in [5, 5.41) is 5.92. The Hall–Kier alpha value is -0.610. The Bertz CT molecular complexity index is 172. The second-order valence-corrected chi connectivity index (χ2v) is 3.97. The molecule has 1 unspecified atom stereocenters. The predicted molar refractivity (Wildman–Crippen MR) is 61.9 cm³/mol. The summed E-state index contributed by atoms with van der Waals surface area (Å²) in [6.07, 6.45) is 1.21. The average Bonchev–Trinajstić information content (AvgIpc) is 2.16. The lowest BCUT2D eigenvalue weighted by Crippen LogP contribution is -2.39. The van der Waals surface area contributed by atoms with Crippen LogP contribution in [0.4, 0.5) is 0 Å². The van der Waals surface area contributed by atoms with Gasteiger partial charge in [-0.15, -0.1) is 0 Å².